The Morgan fingerprint density at radius 3 is 2.43 bits per heavy atom. The minimum atomic E-state index is -1.11. The van der Waals surface area contributed by atoms with E-state index in [-0.39, 0.29) is 5.92 Å². The molecule has 0 aliphatic heterocycles. The van der Waals surface area contributed by atoms with Crippen LogP contribution in [0.25, 0.3) is 0 Å². The van der Waals surface area contributed by atoms with E-state index in [4.69, 9.17) is 4.74 Å². The highest BCUT2D eigenvalue weighted by Gasteiger charge is 2.41. The third-order valence-electron chi connectivity index (χ3n) is 2.69. The molecule has 1 rings (SSSR count). The fraction of sp³-hybridized carbons (Fsp3) is 1.00. The summed E-state index contributed by atoms with van der Waals surface area (Å²) in [6.07, 6.45) is -2.80. The Labute approximate surface area is 89.3 Å². The number of rotatable bonds is 3. The van der Waals surface area contributed by atoms with Crippen LogP contribution in [0.2, 0.25) is 0 Å². The van der Waals surface area contributed by atoms with Crippen LogP contribution in [0.1, 0.15) is 13.3 Å². The highest BCUT2D eigenvalue weighted by atomic mass is 32.1. The molecule has 1 saturated carbocycles. The van der Waals surface area contributed by atoms with Gasteiger partial charge in [-0.1, -0.05) is 6.92 Å². The smallest absolute Gasteiger partial charge is 0.109 e. The van der Waals surface area contributed by atoms with Crippen LogP contribution >= 0.6 is 12.6 Å². The Morgan fingerprint density at radius 2 is 1.86 bits per heavy atom. The van der Waals surface area contributed by atoms with E-state index in [1.54, 1.807) is 0 Å². The second-order valence-corrected chi connectivity index (χ2v) is 4.26. The predicted octanol–water partition coefficient (Wildman–Crippen LogP) is -0.576. The number of aliphatic hydroxyl groups excluding tert-OH is 3. The van der Waals surface area contributed by atoms with Gasteiger partial charge in [-0.2, -0.15) is 12.6 Å². The lowest BCUT2D eigenvalue weighted by Crippen LogP contribution is -2.53. The van der Waals surface area contributed by atoms with Gasteiger partial charge in [0, 0.05) is 5.75 Å². The van der Waals surface area contributed by atoms with Crippen molar-refractivity contribution in [2.75, 3.05) is 12.4 Å². The van der Waals surface area contributed by atoms with Crippen molar-refractivity contribution < 1.29 is 20.1 Å². The first-order chi connectivity index (χ1) is 6.57. The van der Waals surface area contributed by atoms with Crippen LogP contribution in [-0.2, 0) is 4.74 Å². The molecule has 0 aromatic rings. The Kier molecular flexibility index (Phi) is 4.66. The predicted molar refractivity (Wildman–Crippen MR) is 55.4 cm³/mol. The average Bonchev–Trinajstić information content (AvgIpc) is 2.18. The molecule has 0 radical (unpaired) electrons. The van der Waals surface area contributed by atoms with Gasteiger partial charge in [0.05, 0.1) is 18.8 Å². The molecule has 4 nitrogen and oxygen atoms in total. The van der Waals surface area contributed by atoms with E-state index in [2.05, 4.69) is 12.6 Å². The van der Waals surface area contributed by atoms with Crippen molar-refractivity contribution in [2.45, 2.75) is 37.8 Å². The molecule has 84 valence electrons. The first-order valence-electron chi connectivity index (χ1n) is 4.84. The van der Waals surface area contributed by atoms with Gasteiger partial charge in [-0.15, -0.1) is 0 Å². The zero-order valence-electron chi connectivity index (χ0n) is 8.21. The van der Waals surface area contributed by atoms with Gasteiger partial charge >= 0.3 is 0 Å². The highest BCUT2D eigenvalue weighted by molar-refractivity contribution is 7.80. The molecule has 1 aliphatic rings. The second kappa shape index (κ2) is 5.32. The quantitative estimate of drug-likeness (QED) is 0.482. The SMILES string of the molecule is CC1C[C@@H](OCCS)C(O)[C@@H](O)[C@@H]1O. The summed E-state index contributed by atoms with van der Waals surface area (Å²) in [6.45, 7) is 2.27. The highest BCUT2D eigenvalue weighted by Crippen LogP contribution is 2.27. The zero-order valence-corrected chi connectivity index (χ0v) is 9.10. The van der Waals surface area contributed by atoms with Crippen LogP contribution in [0.5, 0.6) is 0 Å². The Bertz CT molecular complexity index is 178. The van der Waals surface area contributed by atoms with Crippen molar-refractivity contribution in [1.29, 1.82) is 0 Å². The maximum absolute atomic E-state index is 9.59. The largest absolute Gasteiger partial charge is 0.390 e. The topological polar surface area (TPSA) is 69.9 Å². The molecule has 0 saturated heterocycles. The van der Waals surface area contributed by atoms with Crippen LogP contribution < -0.4 is 0 Å². The van der Waals surface area contributed by atoms with E-state index in [1.165, 1.54) is 0 Å². The summed E-state index contributed by atoms with van der Waals surface area (Å²) >= 11 is 3.99. The third-order valence-corrected chi connectivity index (χ3v) is 2.87. The third kappa shape index (κ3) is 2.61. The number of ether oxygens (including phenoxy) is 1. The monoisotopic (exact) mass is 222 g/mol. The first kappa shape index (κ1) is 12.3. The van der Waals surface area contributed by atoms with E-state index >= 15 is 0 Å². The number of hydrogen-bond donors (Lipinski definition) is 4. The molecular weight excluding hydrogens is 204 g/mol. The summed E-state index contributed by atoms with van der Waals surface area (Å²) in [4.78, 5) is 0. The first-order valence-corrected chi connectivity index (χ1v) is 5.47. The lowest BCUT2D eigenvalue weighted by molar-refractivity contribution is -0.168. The molecule has 1 aliphatic carbocycles. The molecule has 0 aromatic heterocycles. The van der Waals surface area contributed by atoms with Crippen molar-refractivity contribution in [2.24, 2.45) is 5.92 Å². The molecular formula is C9H18O4S. The van der Waals surface area contributed by atoms with E-state index in [9.17, 15) is 15.3 Å². The maximum atomic E-state index is 9.59. The normalized spacial score (nSPS) is 43.9. The maximum Gasteiger partial charge on any atom is 0.109 e. The Morgan fingerprint density at radius 1 is 1.21 bits per heavy atom. The molecule has 0 aromatic carbocycles. The molecule has 2 unspecified atom stereocenters. The molecule has 0 spiro atoms. The number of thiol groups is 1. The average molecular weight is 222 g/mol. The van der Waals surface area contributed by atoms with Crippen LogP contribution in [-0.4, -0.2) is 52.1 Å². The summed E-state index contributed by atoms with van der Waals surface area (Å²) in [7, 11) is 0. The van der Waals surface area contributed by atoms with Crippen LogP contribution in [0.4, 0.5) is 0 Å². The molecule has 14 heavy (non-hydrogen) atoms. The van der Waals surface area contributed by atoms with E-state index in [0.717, 1.165) is 0 Å². The molecule has 5 heteroatoms. The van der Waals surface area contributed by atoms with Crippen molar-refractivity contribution in [1.82, 2.24) is 0 Å². The van der Waals surface area contributed by atoms with Gasteiger partial charge in [-0.3, -0.25) is 0 Å². The number of aliphatic hydroxyl groups is 3. The second-order valence-electron chi connectivity index (χ2n) is 3.82. The van der Waals surface area contributed by atoms with Gasteiger partial charge in [0.2, 0.25) is 0 Å². The fourth-order valence-corrected chi connectivity index (χ4v) is 1.88. The summed E-state index contributed by atoms with van der Waals surface area (Å²) < 4.78 is 5.34. The molecule has 5 atom stereocenters. The van der Waals surface area contributed by atoms with Gasteiger partial charge in [0.15, 0.2) is 0 Å². The van der Waals surface area contributed by atoms with Gasteiger partial charge in [0.25, 0.3) is 0 Å². The van der Waals surface area contributed by atoms with Gasteiger partial charge in [-0.25, -0.2) is 0 Å². The van der Waals surface area contributed by atoms with Crippen molar-refractivity contribution >= 4 is 12.6 Å². The van der Waals surface area contributed by atoms with Crippen LogP contribution in [0, 0.1) is 5.92 Å². The standard InChI is InChI=1S/C9H18O4S/c1-5-4-6(13-2-3-14)8(11)9(12)7(5)10/h5-12,14H,2-4H2,1H3/t5?,6-,7-,8?,9+/m1/s1. The number of hydrogen-bond acceptors (Lipinski definition) is 5. The molecule has 0 bridgehead atoms. The van der Waals surface area contributed by atoms with Gasteiger partial charge < -0.3 is 20.1 Å². The fourth-order valence-electron chi connectivity index (χ4n) is 1.77. The van der Waals surface area contributed by atoms with E-state index in [0.29, 0.717) is 18.8 Å². The van der Waals surface area contributed by atoms with Crippen molar-refractivity contribution in [3.63, 3.8) is 0 Å². The minimum Gasteiger partial charge on any atom is -0.390 e. The lowest BCUT2D eigenvalue weighted by atomic mass is 9.82. The summed E-state index contributed by atoms with van der Waals surface area (Å²) in [5, 5.41) is 28.6. The Hall–Kier alpha value is 0.190. The zero-order chi connectivity index (χ0) is 10.7. The molecule has 0 amide bonds. The summed E-state index contributed by atoms with van der Waals surface area (Å²) in [5.74, 6) is 0.522. The van der Waals surface area contributed by atoms with E-state index in [1.807, 2.05) is 6.92 Å². The molecule has 3 N–H and O–H groups in total. The molecule has 0 heterocycles. The lowest BCUT2D eigenvalue weighted by Gasteiger charge is -2.38. The molecule has 1 fully saturated rings. The van der Waals surface area contributed by atoms with Gasteiger partial charge in [0.1, 0.15) is 12.2 Å². The minimum absolute atomic E-state index is 0.0571. The summed E-state index contributed by atoms with van der Waals surface area (Å²) in [6, 6.07) is 0. The summed E-state index contributed by atoms with van der Waals surface area (Å²) in [5.41, 5.74) is 0. The van der Waals surface area contributed by atoms with E-state index < -0.39 is 24.4 Å². The Balaban J connectivity index is 2.52. The van der Waals surface area contributed by atoms with Gasteiger partial charge in [-0.05, 0) is 12.3 Å². The van der Waals surface area contributed by atoms with Crippen molar-refractivity contribution in [3.05, 3.63) is 0 Å². The van der Waals surface area contributed by atoms with Crippen LogP contribution in [0.15, 0.2) is 0 Å². The van der Waals surface area contributed by atoms with Crippen LogP contribution in [0.3, 0.4) is 0 Å². The van der Waals surface area contributed by atoms with Crippen molar-refractivity contribution in [3.8, 4) is 0 Å².